The van der Waals surface area contributed by atoms with Crippen molar-refractivity contribution in [1.82, 2.24) is 20.6 Å². The Hall–Kier alpha value is -3.09. The maximum absolute atomic E-state index is 13.3. The van der Waals surface area contributed by atoms with Crippen LogP contribution < -0.4 is 15.4 Å². The summed E-state index contributed by atoms with van der Waals surface area (Å²) in [5, 5.41) is 5.68. The molecule has 1 aliphatic heterocycles. The summed E-state index contributed by atoms with van der Waals surface area (Å²) in [5.74, 6) is 0.791. The van der Waals surface area contributed by atoms with Gasteiger partial charge in [0, 0.05) is 11.6 Å². The van der Waals surface area contributed by atoms with Crippen LogP contribution in [0.4, 0.5) is 9.18 Å². The summed E-state index contributed by atoms with van der Waals surface area (Å²) in [5.41, 5.74) is 3.69. The molecule has 7 heteroatoms. The number of hydrogen-bond acceptors (Lipinski definition) is 3. The molecule has 6 nitrogen and oxygen atoms in total. The standard InChI is InChI=1S/C19H19FN4O2/c1-10-4-3-5-14-17(10)23-16(22-14)9-21-19(25)24-18-11(2)26-15-8-12(20)6-7-13(15)18/h3-8,11,18H,9H2,1-2H3,(H,22,23)(H2,21,24,25). The van der Waals surface area contributed by atoms with Crippen molar-refractivity contribution in [3.05, 3.63) is 59.2 Å². The number of ether oxygens (including phenoxy) is 1. The van der Waals surface area contributed by atoms with Crippen LogP contribution in [0.15, 0.2) is 36.4 Å². The molecule has 0 spiro atoms. The number of hydrogen-bond donors (Lipinski definition) is 3. The van der Waals surface area contributed by atoms with E-state index in [0.29, 0.717) is 11.6 Å². The Balaban J connectivity index is 1.42. The minimum Gasteiger partial charge on any atom is -0.488 e. The average molecular weight is 354 g/mol. The van der Waals surface area contributed by atoms with Crippen molar-refractivity contribution in [3.63, 3.8) is 0 Å². The number of halogens is 1. The molecule has 3 aromatic rings. The third-order valence-corrected chi connectivity index (χ3v) is 4.56. The van der Waals surface area contributed by atoms with Gasteiger partial charge in [0.2, 0.25) is 0 Å². The number of benzene rings is 2. The van der Waals surface area contributed by atoms with E-state index in [1.807, 2.05) is 32.0 Å². The van der Waals surface area contributed by atoms with Crippen LogP contribution in [-0.4, -0.2) is 22.1 Å². The molecule has 0 radical (unpaired) electrons. The largest absolute Gasteiger partial charge is 0.488 e. The van der Waals surface area contributed by atoms with E-state index in [9.17, 15) is 9.18 Å². The predicted molar refractivity (Wildman–Crippen MR) is 95.4 cm³/mol. The van der Waals surface area contributed by atoms with Crippen molar-refractivity contribution in [3.8, 4) is 5.75 Å². The molecule has 4 rings (SSSR count). The first-order valence-corrected chi connectivity index (χ1v) is 8.46. The molecule has 1 aliphatic rings. The van der Waals surface area contributed by atoms with Gasteiger partial charge in [-0.25, -0.2) is 14.2 Å². The van der Waals surface area contributed by atoms with Crippen LogP contribution in [-0.2, 0) is 6.54 Å². The molecule has 2 heterocycles. The van der Waals surface area contributed by atoms with E-state index in [4.69, 9.17) is 4.74 Å². The van der Waals surface area contributed by atoms with Crippen molar-refractivity contribution in [2.75, 3.05) is 0 Å². The zero-order valence-electron chi connectivity index (χ0n) is 14.5. The number of nitrogens with zero attached hydrogens (tertiary/aromatic N) is 1. The van der Waals surface area contributed by atoms with Crippen molar-refractivity contribution < 1.29 is 13.9 Å². The monoisotopic (exact) mass is 354 g/mol. The number of aryl methyl sites for hydroxylation is 1. The second-order valence-corrected chi connectivity index (χ2v) is 6.46. The van der Waals surface area contributed by atoms with Gasteiger partial charge in [-0.2, -0.15) is 0 Å². The first kappa shape index (κ1) is 16.4. The van der Waals surface area contributed by atoms with Crippen molar-refractivity contribution in [2.45, 2.75) is 32.5 Å². The highest BCUT2D eigenvalue weighted by Gasteiger charge is 2.32. The SMILES string of the molecule is Cc1cccc2[nH]c(CNC(=O)NC3c4ccc(F)cc4OC3C)nc12. The predicted octanol–water partition coefficient (Wildman–Crippen LogP) is 3.33. The molecular formula is C19H19FN4O2. The number of carbonyl (C=O) groups is 1. The quantitative estimate of drug-likeness (QED) is 0.675. The minimum absolute atomic E-state index is 0.272. The summed E-state index contributed by atoms with van der Waals surface area (Å²) in [6.07, 6.45) is -0.272. The molecule has 134 valence electrons. The minimum atomic E-state index is -0.360. The van der Waals surface area contributed by atoms with Crippen LogP contribution in [0.1, 0.15) is 29.9 Å². The molecule has 0 bridgehead atoms. The third kappa shape index (κ3) is 2.96. The number of rotatable bonds is 3. The van der Waals surface area contributed by atoms with Gasteiger partial charge in [0.1, 0.15) is 23.5 Å². The molecular weight excluding hydrogens is 335 g/mol. The molecule has 0 saturated heterocycles. The molecule has 26 heavy (non-hydrogen) atoms. The van der Waals surface area contributed by atoms with E-state index in [1.54, 1.807) is 6.07 Å². The highest BCUT2D eigenvalue weighted by molar-refractivity contribution is 5.79. The van der Waals surface area contributed by atoms with E-state index in [1.165, 1.54) is 12.1 Å². The first-order chi connectivity index (χ1) is 12.5. The zero-order chi connectivity index (χ0) is 18.3. The van der Waals surface area contributed by atoms with Crippen LogP contribution in [0.5, 0.6) is 5.75 Å². The second-order valence-electron chi connectivity index (χ2n) is 6.46. The summed E-state index contributed by atoms with van der Waals surface area (Å²) < 4.78 is 18.9. The molecule has 2 atom stereocenters. The van der Waals surface area contributed by atoms with Crippen molar-refractivity contribution in [2.24, 2.45) is 0 Å². The molecule has 1 aromatic heterocycles. The average Bonchev–Trinajstić information content (AvgIpc) is 3.15. The number of para-hydroxylation sites is 1. The van der Waals surface area contributed by atoms with E-state index in [2.05, 4.69) is 20.6 Å². The molecule has 0 aliphatic carbocycles. The van der Waals surface area contributed by atoms with Crippen molar-refractivity contribution >= 4 is 17.1 Å². The fourth-order valence-corrected chi connectivity index (χ4v) is 3.25. The number of nitrogens with one attached hydrogen (secondary N) is 3. The highest BCUT2D eigenvalue weighted by Crippen LogP contribution is 2.36. The molecule has 2 aromatic carbocycles. The Morgan fingerprint density at radius 3 is 3.00 bits per heavy atom. The number of carbonyl (C=O) groups excluding carboxylic acids is 1. The number of amides is 2. The second kappa shape index (κ2) is 6.33. The van der Waals surface area contributed by atoms with E-state index in [0.717, 1.165) is 22.2 Å². The van der Waals surface area contributed by atoms with Gasteiger partial charge in [-0.3, -0.25) is 0 Å². The number of aromatic nitrogens is 2. The maximum atomic E-state index is 13.3. The Morgan fingerprint density at radius 2 is 2.19 bits per heavy atom. The maximum Gasteiger partial charge on any atom is 0.315 e. The Bertz CT molecular complexity index is 985. The molecule has 2 amide bonds. The van der Waals surface area contributed by atoms with Gasteiger partial charge < -0.3 is 20.4 Å². The van der Waals surface area contributed by atoms with Gasteiger partial charge in [0.15, 0.2) is 0 Å². The topological polar surface area (TPSA) is 79.0 Å². The van der Waals surface area contributed by atoms with Gasteiger partial charge in [0.25, 0.3) is 0 Å². The Morgan fingerprint density at radius 1 is 1.35 bits per heavy atom. The van der Waals surface area contributed by atoms with E-state index >= 15 is 0 Å². The molecule has 2 unspecified atom stereocenters. The number of urea groups is 1. The molecule has 3 N–H and O–H groups in total. The molecule has 0 fully saturated rings. The summed E-state index contributed by atoms with van der Waals surface area (Å²) in [4.78, 5) is 20.0. The Kier molecular flexibility index (Phi) is 3.99. The number of H-pyrrole nitrogens is 1. The van der Waals surface area contributed by atoms with Gasteiger partial charge in [0.05, 0.1) is 23.6 Å². The lowest BCUT2D eigenvalue weighted by Crippen LogP contribution is -2.40. The summed E-state index contributed by atoms with van der Waals surface area (Å²) >= 11 is 0. The molecule has 0 saturated carbocycles. The number of aromatic amines is 1. The van der Waals surface area contributed by atoms with Gasteiger partial charge >= 0.3 is 6.03 Å². The van der Waals surface area contributed by atoms with Gasteiger partial charge in [-0.15, -0.1) is 0 Å². The highest BCUT2D eigenvalue weighted by atomic mass is 19.1. The number of fused-ring (bicyclic) bond motifs is 2. The lowest BCUT2D eigenvalue weighted by molar-refractivity contribution is 0.199. The summed E-state index contributed by atoms with van der Waals surface area (Å²) in [7, 11) is 0. The lowest BCUT2D eigenvalue weighted by Gasteiger charge is -2.17. The van der Waals surface area contributed by atoms with Crippen LogP contribution in [0.25, 0.3) is 11.0 Å². The summed E-state index contributed by atoms with van der Waals surface area (Å²) in [6.45, 7) is 4.11. The van der Waals surface area contributed by atoms with E-state index in [-0.39, 0.29) is 30.5 Å². The number of imidazole rings is 1. The van der Waals surface area contributed by atoms with Gasteiger partial charge in [-0.05, 0) is 31.5 Å². The van der Waals surface area contributed by atoms with Crippen LogP contribution >= 0.6 is 0 Å². The van der Waals surface area contributed by atoms with E-state index < -0.39 is 0 Å². The lowest BCUT2D eigenvalue weighted by atomic mass is 10.0. The summed E-state index contributed by atoms with van der Waals surface area (Å²) in [6, 6.07) is 9.58. The van der Waals surface area contributed by atoms with Crippen LogP contribution in [0, 0.1) is 12.7 Å². The van der Waals surface area contributed by atoms with Crippen LogP contribution in [0.3, 0.4) is 0 Å². The van der Waals surface area contributed by atoms with Crippen molar-refractivity contribution in [1.29, 1.82) is 0 Å². The third-order valence-electron chi connectivity index (χ3n) is 4.56. The normalized spacial score (nSPS) is 18.4. The zero-order valence-corrected chi connectivity index (χ0v) is 14.5. The first-order valence-electron chi connectivity index (χ1n) is 8.46. The van der Waals surface area contributed by atoms with Gasteiger partial charge in [-0.1, -0.05) is 18.2 Å². The fraction of sp³-hybridized carbons (Fsp3) is 0.263. The van der Waals surface area contributed by atoms with Crippen LogP contribution in [0.2, 0.25) is 0 Å². The fourth-order valence-electron chi connectivity index (χ4n) is 3.25. The Labute approximate surface area is 149 Å². The smallest absolute Gasteiger partial charge is 0.315 e.